The fraction of sp³-hybridized carbons (Fsp3) is 0.464. The van der Waals surface area contributed by atoms with Crippen LogP contribution in [-0.2, 0) is 18.3 Å². The number of aromatic nitrogens is 4. The maximum atomic E-state index is 13.6. The number of amides is 3. The number of benzene rings is 2. The molecule has 3 atom stereocenters. The Balaban J connectivity index is 1.17. The van der Waals surface area contributed by atoms with Crippen LogP contribution in [0.2, 0.25) is 0 Å². The Morgan fingerprint density at radius 2 is 1.76 bits per heavy atom. The molecular formula is C28H34FN7O2. The molecule has 38 heavy (non-hydrogen) atoms. The number of nitrogens with zero attached hydrogens (tertiary/aromatic N) is 5. The number of hydrogen-bond donors (Lipinski definition) is 2. The molecule has 1 aliphatic carbocycles. The number of carbonyl (C=O) groups is 2. The number of carbonyl (C=O) groups excluding carboxylic acids is 2. The predicted octanol–water partition coefficient (Wildman–Crippen LogP) is 4.18. The largest absolute Gasteiger partial charge is 0.342 e. The van der Waals surface area contributed by atoms with Crippen molar-refractivity contribution in [1.29, 1.82) is 0 Å². The predicted molar refractivity (Wildman–Crippen MR) is 142 cm³/mol. The lowest BCUT2D eigenvalue weighted by molar-refractivity contribution is -0.139. The van der Waals surface area contributed by atoms with Crippen LogP contribution in [0.25, 0.3) is 11.4 Å². The van der Waals surface area contributed by atoms with Crippen molar-refractivity contribution in [3.05, 3.63) is 59.9 Å². The number of urea groups is 1. The van der Waals surface area contributed by atoms with Crippen molar-refractivity contribution >= 4 is 17.6 Å². The van der Waals surface area contributed by atoms with Crippen molar-refractivity contribution in [2.24, 2.45) is 18.9 Å². The topological polar surface area (TPSA) is 105 Å². The zero-order chi connectivity index (χ0) is 26.5. The molecule has 0 unspecified atom stereocenters. The smallest absolute Gasteiger partial charge is 0.319 e. The molecule has 1 aromatic heterocycles. The van der Waals surface area contributed by atoms with Gasteiger partial charge in [-0.1, -0.05) is 25.0 Å². The van der Waals surface area contributed by atoms with Gasteiger partial charge in [-0.05, 0) is 90.4 Å². The number of likely N-dealkylation sites (tertiary alicyclic amines) is 1. The number of rotatable bonds is 6. The molecule has 0 radical (unpaired) electrons. The highest BCUT2D eigenvalue weighted by Crippen LogP contribution is 2.29. The summed E-state index contributed by atoms with van der Waals surface area (Å²) < 4.78 is 14.9. The van der Waals surface area contributed by atoms with Gasteiger partial charge in [0.2, 0.25) is 5.91 Å². The molecular weight excluding hydrogens is 485 g/mol. The Kier molecular flexibility index (Phi) is 7.95. The molecule has 2 aromatic carbocycles. The molecule has 3 aromatic rings. The molecule has 0 spiro atoms. The molecule has 9 nitrogen and oxygen atoms in total. The summed E-state index contributed by atoms with van der Waals surface area (Å²) in [6, 6.07) is 13.5. The van der Waals surface area contributed by atoms with Crippen molar-refractivity contribution in [2.45, 2.75) is 51.0 Å². The first kappa shape index (κ1) is 25.8. The molecule has 2 aliphatic rings. The molecule has 1 aliphatic heterocycles. The van der Waals surface area contributed by atoms with Crippen molar-refractivity contribution < 1.29 is 14.0 Å². The first-order valence-corrected chi connectivity index (χ1v) is 13.4. The summed E-state index contributed by atoms with van der Waals surface area (Å²) >= 11 is 0. The van der Waals surface area contributed by atoms with E-state index in [0.29, 0.717) is 24.0 Å². The van der Waals surface area contributed by atoms with Gasteiger partial charge in [0.15, 0.2) is 5.82 Å². The van der Waals surface area contributed by atoms with Gasteiger partial charge in [-0.2, -0.15) is 0 Å². The van der Waals surface area contributed by atoms with Crippen LogP contribution in [0.3, 0.4) is 0 Å². The summed E-state index contributed by atoms with van der Waals surface area (Å²) in [4.78, 5) is 28.5. The van der Waals surface area contributed by atoms with Crippen LogP contribution < -0.4 is 10.6 Å². The maximum Gasteiger partial charge on any atom is 0.319 e. The van der Waals surface area contributed by atoms with E-state index in [-0.39, 0.29) is 29.7 Å². The van der Waals surface area contributed by atoms with E-state index in [0.717, 1.165) is 62.6 Å². The second kappa shape index (κ2) is 11.7. The molecule has 2 fully saturated rings. The number of halogens is 1. The first-order chi connectivity index (χ1) is 18.5. The van der Waals surface area contributed by atoms with E-state index < -0.39 is 0 Å². The molecule has 5 rings (SSSR count). The van der Waals surface area contributed by atoms with Gasteiger partial charge in [-0.25, -0.2) is 13.9 Å². The van der Waals surface area contributed by atoms with Crippen LogP contribution in [-0.4, -0.2) is 56.2 Å². The highest BCUT2D eigenvalue weighted by molar-refractivity contribution is 5.90. The van der Waals surface area contributed by atoms with Gasteiger partial charge in [-0.3, -0.25) is 4.79 Å². The molecule has 2 N–H and O–H groups in total. The van der Waals surface area contributed by atoms with Gasteiger partial charge in [-0.15, -0.1) is 5.10 Å². The van der Waals surface area contributed by atoms with E-state index in [2.05, 4.69) is 26.2 Å². The van der Waals surface area contributed by atoms with Gasteiger partial charge >= 0.3 is 6.03 Å². The average molecular weight is 520 g/mol. The molecule has 1 saturated carbocycles. The van der Waals surface area contributed by atoms with Gasteiger partial charge in [0, 0.05) is 37.4 Å². The number of nitrogens with one attached hydrogen (secondary N) is 2. The summed E-state index contributed by atoms with van der Waals surface area (Å²) in [6.07, 6.45) is 6.40. The number of anilines is 1. The van der Waals surface area contributed by atoms with E-state index >= 15 is 0 Å². The normalized spacial score (nSPS) is 21.6. The highest BCUT2D eigenvalue weighted by atomic mass is 19.1. The SMILES string of the molecule is Cn1nnnc1-c1ccc(NC(=O)N[C@@H]2CCCC[C@H]2C(=O)N2CCC[C@@H](Cc3ccc(F)cc3)C2)cc1. The monoisotopic (exact) mass is 519 g/mol. The number of tetrazole rings is 1. The lowest BCUT2D eigenvalue weighted by atomic mass is 9.82. The standard InChI is InChI=1S/C28H34FN7O2/c1-35-26(32-33-34-35)21-10-14-23(15-11-21)30-28(38)31-25-7-3-2-6-24(25)27(37)36-16-4-5-20(18-36)17-19-8-12-22(29)13-9-19/h8-15,20,24-25H,2-7,16-18H2,1H3,(H2,30,31,38)/t20-,24+,25+/m0/s1. The van der Waals surface area contributed by atoms with E-state index in [9.17, 15) is 14.0 Å². The third-order valence-corrected chi connectivity index (χ3v) is 7.69. The van der Waals surface area contributed by atoms with Crippen LogP contribution in [0.5, 0.6) is 0 Å². The third kappa shape index (κ3) is 6.17. The Hall–Kier alpha value is -3.82. The van der Waals surface area contributed by atoms with Crippen LogP contribution in [0, 0.1) is 17.7 Å². The molecule has 200 valence electrons. The van der Waals surface area contributed by atoms with Gasteiger partial charge in [0.05, 0.1) is 5.92 Å². The average Bonchev–Trinajstić information content (AvgIpc) is 3.36. The number of aryl methyl sites for hydroxylation is 1. The van der Waals surface area contributed by atoms with Crippen LogP contribution in [0.4, 0.5) is 14.9 Å². The lowest BCUT2D eigenvalue weighted by Crippen LogP contribution is -2.52. The summed E-state index contributed by atoms with van der Waals surface area (Å²) in [5, 5.41) is 17.5. The molecule has 2 heterocycles. The van der Waals surface area contributed by atoms with Gasteiger partial charge < -0.3 is 15.5 Å². The van der Waals surface area contributed by atoms with E-state index in [1.165, 1.54) is 12.1 Å². The summed E-state index contributed by atoms with van der Waals surface area (Å²) in [5.41, 5.74) is 2.60. The van der Waals surface area contributed by atoms with Crippen molar-refractivity contribution in [3.8, 4) is 11.4 Å². The number of hydrogen-bond acceptors (Lipinski definition) is 5. The molecule has 0 bridgehead atoms. The highest BCUT2D eigenvalue weighted by Gasteiger charge is 2.36. The Morgan fingerprint density at radius 3 is 2.50 bits per heavy atom. The van der Waals surface area contributed by atoms with E-state index in [1.54, 1.807) is 11.7 Å². The second-order valence-corrected chi connectivity index (χ2v) is 10.4. The number of piperidine rings is 1. The summed E-state index contributed by atoms with van der Waals surface area (Å²) in [7, 11) is 1.77. The van der Waals surface area contributed by atoms with Gasteiger partial charge in [0.25, 0.3) is 0 Å². The maximum absolute atomic E-state index is 13.6. The van der Waals surface area contributed by atoms with Crippen LogP contribution in [0.1, 0.15) is 44.1 Å². The van der Waals surface area contributed by atoms with Crippen molar-refractivity contribution in [1.82, 2.24) is 30.4 Å². The van der Waals surface area contributed by atoms with Gasteiger partial charge in [0.1, 0.15) is 5.82 Å². The van der Waals surface area contributed by atoms with Crippen LogP contribution >= 0.6 is 0 Å². The van der Waals surface area contributed by atoms with Crippen molar-refractivity contribution in [3.63, 3.8) is 0 Å². The Bertz CT molecular complexity index is 1240. The zero-order valence-electron chi connectivity index (χ0n) is 21.6. The zero-order valence-corrected chi connectivity index (χ0v) is 21.6. The summed E-state index contributed by atoms with van der Waals surface area (Å²) in [5.74, 6) is 0.690. The minimum Gasteiger partial charge on any atom is -0.342 e. The fourth-order valence-corrected chi connectivity index (χ4v) is 5.73. The Labute approximate surface area is 221 Å². The van der Waals surface area contributed by atoms with Crippen molar-refractivity contribution in [2.75, 3.05) is 18.4 Å². The van der Waals surface area contributed by atoms with Crippen LogP contribution in [0.15, 0.2) is 48.5 Å². The Morgan fingerprint density at radius 1 is 1.00 bits per heavy atom. The molecule has 3 amide bonds. The summed E-state index contributed by atoms with van der Waals surface area (Å²) in [6.45, 7) is 1.46. The lowest BCUT2D eigenvalue weighted by Gasteiger charge is -2.39. The second-order valence-electron chi connectivity index (χ2n) is 10.4. The minimum atomic E-state index is -0.310. The minimum absolute atomic E-state index is 0.139. The molecule has 1 saturated heterocycles. The third-order valence-electron chi connectivity index (χ3n) is 7.69. The van der Waals surface area contributed by atoms with E-state index in [1.807, 2.05) is 41.3 Å². The fourth-order valence-electron chi connectivity index (χ4n) is 5.73. The van der Waals surface area contributed by atoms with E-state index in [4.69, 9.17) is 0 Å². The first-order valence-electron chi connectivity index (χ1n) is 13.4. The molecule has 10 heteroatoms. The quantitative estimate of drug-likeness (QED) is 0.509.